The monoisotopic (exact) mass is 290 g/mol. The molecule has 0 heterocycles. The average Bonchev–Trinajstić information content (AvgIpc) is 1.99. The van der Waals surface area contributed by atoms with Crippen LogP contribution in [0.1, 0.15) is 13.8 Å². The number of hydrogen-bond acceptors (Lipinski definition) is 6. The zero-order chi connectivity index (χ0) is 13.0. The molecule has 16 heavy (non-hydrogen) atoms. The van der Waals surface area contributed by atoms with Crippen molar-refractivity contribution in [1.29, 1.82) is 0 Å². The Hall–Kier alpha value is -0.0700. The van der Waals surface area contributed by atoms with Crippen molar-refractivity contribution in [3.63, 3.8) is 0 Å². The first kappa shape index (κ1) is 15.9. The van der Waals surface area contributed by atoms with Gasteiger partial charge in [0.15, 0.2) is 0 Å². The first-order valence-corrected chi connectivity index (χ1v) is 8.09. The van der Waals surface area contributed by atoms with Gasteiger partial charge in [-0.3, -0.25) is 4.52 Å². The summed E-state index contributed by atoms with van der Waals surface area (Å²) in [7, 11) is -4.42. The lowest BCUT2D eigenvalue weighted by atomic mass is 10.4. The van der Waals surface area contributed by atoms with Crippen molar-refractivity contribution in [3.8, 4) is 0 Å². The van der Waals surface area contributed by atoms with E-state index in [4.69, 9.17) is 9.79 Å². The van der Waals surface area contributed by atoms with E-state index in [1.165, 1.54) is 13.8 Å². The first-order chi connectivity index (χ1) is 7.09. The Kier molecular flexibility index (Phi) is 6.00. The third-order valence-corrected chi connectivity index (χ3v) is 4.25. The summed E-state index contributed by atoms with van der Waals surface area (Å²) >= 11 is 4.10. The van der Waals surface area contributed by atoms with E-state index in [1.54, 1.807) is 0 Å². The summed E-state index contributed by atoms with van der Waals surface area (Å²) in [6.07, 6.45) is 0. The Bertz CT molecular complexity index is 373. The number of phosphoric acid groups is 1. The zero-order valence-corrected chi connectivity index (χ0v) is 11.3. The highest BCUT2D eigenvalue weighted by Crippen LogP contribution is 2.61. The second-order valence-electron chi connectivity index (χ2n) is 2.60. The van der Waals surface area contributed by atoms with E-state index in [1.807, 2.05) is 0 Å². The summed E-state index contributed by atoms with van der Waals surface area (Å²) in [5.74, 6) is -1.04. The summed E-state index contributed by atoms with van der Waals surface area (Å²) in [5.41, 5.74) is -0.0484. The van der Waals surface area contributed by atoms with Crippen molar-refractivity contribution >= 4 is 32.3 Å². The van der Waals surface area contributed by atoms with Crippen LogP contribution in [0.2, 0.25) is 0 Å². The molecule has 0 saturated carbocycles. The highest BCUT2D eigenvalue weighted by Gasteiger charge is 2.36. The molecule has 0 aliphatic carbocycles. The molecule has 0 aromatic carbocycles. The van der Waals surface area contributed by atoms with Gasteiger partial charge in [0.05, 0.1) is 6.61 Å². The summed E-state index contributed by atoms with van der Waals surface area (Å²) in [4.78, 5) is 28.7. The normalized spacial score (nSPS) is 15.2. The second kappa shape index (κ2) is 6.02. The van der Waals surface area contributed by atoms with Crippen LogP contribution in [0, 0.1) is 0 Å². The fraction of sp³-hybridized carbons (Fsp3) is 0.500. The highest BCUT2D eigenvalue weighted by atomic mass is 32.5. The Morgan fingerprint density at radius 2 is 2.00 bits per heavy atom. The van der Waals surface area contributed by atoms with Crippen molar-refractivity contribution in [2.75, 3.05) is 6.61 Å². The van der Waals surface area contributed by atoms with Crippen molar-refractivity contribution in [3.05, 3.63) is 12.2 Å². The minimum Gasteiger partial charge on any atom is -0.367 e. The average molecular weight is 290 g/mol. The second-order valence-corrected chi connectivity index (χ2v) is 6.99. The van der Waals surface area contributed by atoms with Gasteiger partial charge in [-0.25, -0.2) is 9.36 Å². The highest BCUT2D eigenvalue weighted by molar-refractivity contribution is 8.08. The molecular formula is C6H12O7P2S. The van der Waals surface area contributed by atoms with E-state index < -0.39 is 20.5 Å². The molecule has 0 bridgehead atoms. The van der Waals surface area contributed by atoms with Crippen LogP contribution in [-0.4, -0.2) is 22.4 Å². The molecule has 0 aliphatic rings. The molecule has 10 heteroatoms. The van der Waals surface area contributed by atoms with E-state index >= 15 is 0 Å². The smallest absolute Gasteiger partial charge is 0.367 e. The van der Waals surface area contributed by atoms with Crippen LogP contribution < -0.4 is 0 Å². The topological polar surface area (TPSA) is 102 Å². The van der Waals surface area contributed by atoms with E-state index in [-0.39, 0.29) is 12.2 Å². The van der Waals surface area contributed by atoms with Crippen molar-refractivity contribution in [2.24, 2.45) is 0 Å². The van der Waals surface area contributed by atoms with Gasteiger partial charge in [-0.1, -0.05) is 6.58 Å². The molecule has 0 aromatic rings. The number of carbonyl (C=O) groups excluding carboxylic acids is 1. The fourth-order valence-corrected chi connectivity index (χ4v) is 3.36. The molecule has 0 spiro atoms. The summed E-state index contributed by atoms with van der Waals surface area (Å²) in [5, 5.41) is 0. The fourth-order valence-electron chi connectivity index (χ4n) is 0.534. The van der Waals surface area contributed by atoms with Gasteiger partial charge < -0.3 is 14.3 Å². The number of rotatable bonds is 6. The van der Waals surface area contributed by atoms with Gasteiger partial charge >= 0.3 is 20.5 Å². The predicted octanol–water partition coefficient (Wildman–Crippen LogP) is 1.48. The third kappa shape index (κ3) is 6.50. The van der Waals surface area contributed by atoms with E-state index in [0.717, 1.165) is 0 Å². The van der Waals surface area contributed by atoms with Crippen LogP contribution in [0.4, 0.5) is 0 Å². The van der Waals surface area contributed by atoms with Gasteiger partial charge in [-0.05, 0) is 25.7 Å². The molecule has 1 unspecified atom stereocenters. The predicted molar refractivity (Wildman–Crippen MR) is 59.9 cm³/mol. The Balaban J connectivity index is 4.84. The largest absolute Gasteiger partial charge is 0.539 e. The summed E-state index contributed by atoms with van der Waals surface area (Å²) < 4.78 is 24.7. The van der Waals surface area contributed by atoms with Crippen molar-refractivity contribution in [2.45, 2.75) is 13.8 Å². The molecule has 94 valence electrons. The summed E-state index contributed by atoms with van der Waals surface area (Å²) in [6.45, 7) is 1.61. The maximum Gasteiger partial charge on any atom is 0.539 e. The van der Waals surface area contributed by atoms with Gasteiger partial charge in [0.2, 0.25) is 0 Å². The van der Waals surface area contributed by atoms with Crippen LogP contribution in [0.3, 0.4) is 0 Å². The van der Waals surface area contributed by atoms with Gasteiger partial charge in [0, 0.05) is 5.57 Å². The number of hydrogen-bond donors (Lipinski definition) is 2. The first-order valence-electron chi connectivity index (χ1n) is 4.00. The van der Waals surface area contributed by atoms with E-state index in [9.17, 15) is 9.36 Å². The van der Waals surface area contributed by atoms with Crippen LogP contribution >= 0.6 is 14.5 Å². The molecule has 7 nitrogen and oxygen atoms in total. The Morgan fingerprint density at radius 3 is 2.31 bits per heavy atom. The molecule has 0 saturated heterocycles. The maximum atomic E-state index is 11.7. The standard InChI is InChI=1S/C6H12O7P2S/c1-4-11-15(10,13-14(8,9)16)12-6(7)5(2)3/h2,4H2,1,3H3,(H2,8,9,16). The Labute approximate surface area is 97.9 Å². The number of carbonyl (C=O) groups is 1. The summed E-state index contributed by atoms with van der Waals surface area (Å²) in [6, 6.07) is 0. The molecule has 0 amide bonds. The van der Waals surface area contributed by atoms with Crippen LogP contribution in [0.25, 0.3) is 0 Å². The molecule has 0 fully saturated rings. The molecule has 0 radical (unpaired) electrons. The lowest BCUT2D eigenvalue weighted by Crippen LogP contribution is -2.07. The van der Waals surface area contributed by atoms with Gasteiger partial charge in [0.1, 0.15) is 0 Å². The SMILES string of the molecule is C=C(C)C(=O)OP(=O)(OCC)OP(O)(O)=S. The van der Waals surface area contributed by atoms with E-state index in [0.29, 0.717) is 0 Å². The molecular weight excluding hydrogens is 278 g/mol. The quantitative estimate of drug-likeness (QED) is 0.560. The molecule has 1 atom stereocenters. The molecule has 0 rings (SSSR count). The zero-order valence-electron chi connectivity index (χ0n) is 8.65. The Morgan fingerprint density at radius 1 is 1.50 bits per heavy atom. The van der Waals surface area contributed by atoms with E-state index in [2.05, 4.69) is 31.7 Å². The van der Waals surface area contributed by atoms with Gasteiger partial charge in [-0.2, -0.15) is 4.31 Å². The minimum atomic E-state index is -4.42. The van der Waals surface area contributed by atoms with Crippen LogP contribution in [-0.2, 0) is 34.5 Å². The molecule has 0 aliphatic heterocycles. The van der Waals surface area contributed by atoms with Crippen LogP contribution in [0.5, 0.6) is 0 Å². The minimum absolute atomic E-state index is 0.0484. The third-order valence-electron chi connectivity index (χ3n) is 1.04. The van der Waals surface area contributed by atoms with Gasteiger partial charge in [-0.15, -0.1) is 0 Å². The van der Waals surface area contributed by atoms with Crippen LogP contribution in [0.15, 0.2) is 12.2 Å². The van der Waals surface area contributed by atoms with Crippen molar-refractivity contribution < 1.29 is 32.5 Å². The van der Waals surface area contributed by atoms with Crippen molar-refractivity contribution in [1.82, 2.24) is 0 Å². The number of phosphoric ester groups is 1. The lowest BCUT2D eigenvalue weighted by Gasteiger charge is -2.18. The van der Waals surface area contributed by atoms with Gasteiger partial charge in [0.25, 0.3) is 0 Å². The molecule has 2 N–H and O–H groups in total. The molecule has 0 aromatic heterocycles. The maximum absolute atomic E-state index is 11.7. The lowest BCUT2D eigenvalue weighted by molar-refractivity contribution is -0.131.